The molecule has 1 saturated heterocycles. The first-order valence-electron chi connectivity index (χ1n) is 6.37. The summed E-state index contributed by atoms with van der Waals surface area (Å²) in [5.41, 5.74) is 0. The van der Waals surface area contributed by atoms with E-state index in [1.165, 1.54) is 0 Å². The van der Waals surface area contributed by atoms with Gasteiger partial charge < -0.3 is 15.1 Å². The summed E-state index contributed by atoms with van der Waals surface area (Å²) >= 11 is 0. The largest absolute Gasteiger partial charge is 0.340 e. The van der Waals surface area contributed by atoms with Gasteiger partial charge in [0, 0.05) is 45.2 Å². The van der Waals surface area contributed by atoms with Gasteiger partial charge in [-0.3, -0.25) is 4.79 Å². The second-order valence-electron chi connectivity index (χ2n) is 4.60. The zero-order valence-electron chi connectivity index (χ0n) is 10.8. The second-order valence-corrected chi connectivity index (χ2v) is 4.60. The van der Waals surface area contributed by atoms with E-state index >= 15 is 0 Å². The average molecular weight is 227 g/mol. The maximum absolute atomic E-state index is 11.9. The fraction of sp³-hybridized carbons (Fsp3) is 0.917. The fourth-order valence-electron chi connectivity index (χ4n) is 2.09. The molecule has 1 aliphatic rings. The fourth-order valence-corrected chi connectivity index (χ4v) is 2.09. The van der Waals surface area contributed by atoms with Crippen molar-refractivity contribution < 1.29 is 4.79 Å². The van der Waals surface area contributed by atoms with Gasteiger partial charge in [-0.1, -0.05) is 6.92 Å². The molecule has 16 heavy (non-hydrogen) atoms. The quantitative estimate of drug-likeness (QED) is 0.744. The van der Waals surface area contributed by atoms with Crippen LogP contribution in [-0.4, -0.2) is 61.0 Å². The van der Waals surface area contributed by atoms with Gasteiger partial charge in [0.05, 0.1) is 0 Å². The lowest BCUT2D eigenvalue weighted by Crippen LogP contribution is -2.47. The SMILES string of the molecule is CCN(CCC(=O)N1CCNCC1)C(C)C. The van der Waals surface area contributed by atoms with Crippen LogP contribution in [0.25, 0.3) is 0 Å². The normalized spacial score (nSPS) is 17.2. The smallest absolute Gasteiger partial charge is 0.223 e. The van der Waals surface area contributed by atoms with Crippen LogP contribution in [0, 0.1) is 0 Å². The number of amides is 1. The minimum atomic E-state index is 0.306. The highest BCUT2D eigenvalue weighted by Crippen LogP contribution is 2.02. The molecule has 1 aliphatic heterocycles. The molecule has 4 nitrogen and oxygen atoms in total. The van der Waals surface area contributed by atoms with Gasteiger partial charge in [0.2, 0.25) is 5.91 Å². The van der Waals surface area contributed by atoms with Crippen molar-refractivity contribution in [2.75, 3.05) is 39.3 Å². The third kappa shape index (κ3) is 4.10. The first-order valence-corrected chi connectivity index (χ1v) is 6.37. The van der Waals surface area contributed by atoms with Gasteiger partial charge in [-0.05, 0) is 20.4 Å². The molecule has 0 unspecified atom stereocenters. The standard InChI is InChI=1S/C12H25N3O/c1-4-14(11(2)3)8-5-12(16)15-9-6-13-7-10-15/h11,13H,4-10H2,1-3H3. The van der Waals surface area contributed by atoms with Crippen molar-refractivity contribution in [1.29, 1.82) is 0 Å². The number of nitrogens with zero attached hydrogens (tertiary/aromatic N) is 2. The van der Waals surface area contributed by atoms with Crippen molar-refractivity contribution in [3.63, 3.8) is 0 Å². The molecule has 1 heterocycles. The van der Waals surface area contributed by atoms with E-state index in [4.69, 9.17) is 0 Å². The van der Waals surface area contributed by atoms with Crippen LogP contribution in [0.1, 0.15) is 27.2 Å². The van der Waals surface area contributed by atoms with E-state index in [1.807, 2.05) is 4.90 Å². The first kappa shape index (κ1) is 13.5. The lowest BCUT2D eigenvalue weighted by molar-refractivity contribution is -0.132. The van der Waals surface area contributed by atoms with Crippen molar-refractivity contribution in [2.24, 2.45) is 0 Å². The molecule has 1 rings (SSSR count). The number of nitrogens with one attached hydrogen (secondary N) is 1. The van der Waals surface area contributed by atoms with E-state index in [2.05, 4.69) is 31.0 Å². The molecular formula is C12H25N3O. The molecule has 94 valence electrons. The van der Waals surface area contributed by atoms with Crippen molar-refractivity contribution in [2.45, 2.75) is 33.2 Å². The van der Waals surface area contributed by atoms with Crippen LogP contribution < -0.4 is 5.32 Å². The van der Waals surface area contributed by atoms with E-state index in [0.29, 0.717) is 18.4 Å². The Kier molecular flexibility index (Phi) is 5.77. The van der Waals surface area contributed by atoms with Gasteiger partial charge in [-0.2, -0.15) is 0 Å². The van der Waals surface area contributed by atoms with Crippen LogP contribution in [0.5, 0.6) is 0 Å². The van der Waals surface area contributed by atoms with Crippen LogP contribution in [-0.2, 0) is 4.79 Å². The van der Waals surface area contributed by atoms with Crippen molar-refractivity contribution >= 4 is 5.91 Å². The molecule has 0 bridgehead atoms. The number of rotatable bonds is 5. The summed E-state index contributed by atoms with van der Waals surface area (Å²) < 4.78 is 0. The maximum Gasteiger partial charge on any atom is 0.223 e. The zero-order valence-corrected chi connectivity index (χ0v) is 10.8. The summed E-state index contributed by atoms with van der Waals surface area (Å²) in [7, 11) is 0. The molecule has 1 fully saturated rings. The van der Waals surface area contributed by atoms with Gasteiger partial charge in [-0.15, -0.1) is 0 Å². The number of carbonyl (C=O) groups excluding carboxylic acids is 1. The Balaban J connectivity index is 2.27. The number of hydrogen-bond donors (Lipinski definition) is 1. The molecule has 0 aliphatic carbocycles. The summed E-state index contributed by atoms with van der Waals surface area (Å²) in [4.78, 5) is 16.2. The Morgan fingerprint density at radius 2 is 2.00 bits per heavy atom. The van der Waals surface area contributed by atoms with Crippen LogP contribution in [0.3, 0.4) is 0 Å². The summed E-state index contributed by atoms with van der Waals surface area (Å²) in [5, 5.41) is 3.26. The van der Waals surface area contributed by atoms with E-state index in [0.717, 1.165) is 39.3 Å². The minimum Gasteiger partial charge on any atom is -0.340 e. The molecule has 0 radical (unpaired) electrons. The number of piperazine rings is 1. The Bertz CT molecular complexity index is 212. The molecule has 0 aromatic heterocycles. The minimum absolute atomic E-state index is 0.306. The molecule has 1 N–H and O–H groups in total. The summed E-state index contributed by atoms with van der Waals surface area (Å²) in [6.07, 6.45) is 0.659. The van der Waals surface area contributed by atoms with Crippen LogP contribution in [0.2, 0.25) is 0 Å². The lowest BCUT2D eigenvalue weighted by atomic mass is 10.2. The van der Waals surface area contributed by atoms with E-state index in [1.54, 1.807) is 0 Å². The molecule has 0 spiro atoms. The van der Waals surface area contributed by atoms with E-state index < -0.39 is 0 Å². The van der Waals surface area contributed by atoms with E-state index in [9.17, 15) is 4.79 Å². The molecule has 0 aromatic rings. The highest BCUT2D eigenvalue weighted by Gasteiger charge is 2.17. The molecule has 0 aromatic carbocycles. The highest BCUT2D eigenvalue weighted by molar-refractivity contribution is 5.76. The third-order valence-corrected chi connectivity index (χ3v) is 3.22. The van der Waals surface area contributed by atoms with Gasteiger partial charge in [-0.25, -0.2) is 0 Å². The Labute approximate surface area is 99.0 Å². The number of carbonyl (C=O) groups is 1. The van der Waals surface area contributed by atoms with Gasteiger partial charge in [0.1, 0.15) is 0 Å². The topological polar surface area (TPSA) is 35.6 Å². The molecular weight excluding hydrogens is 202 g/mol. The molecule has 0 atom stereocenters. The maximum atomic E-state index is 11.9. The Morgan fingerprint density at radius 3 is 2.50 bits per heavy atom. The lowest BCUT2D eigenvalue weighted by Gasteiger charge is -2.29. The Hall–Kier alpha value is -0.610. The van der Waals surface area contributed by atoms with Gasteiger partial charge >= 0.3 is 0 Å². The molecule has 1 amide bonds. The predicted octanol–water partition coefficient (Wildman–Crippen LogP) is 0.539. The second kappa shape index (κ2) is 6.86. The Morgan fingerprint density at radius 1 is 1.38 bits per heavy atom. The number of hydrogen-bond acceptors (Lipinski definition) is 3. The van der Waals surface area contributed by atoms with Crippen LogP contribution >= 0.6 is 0 Å². The summed E-state index contributed by atoms with van der Waals surface area (Å²) in [6.45, 7) is 12.0. The molecule has 0 saturated carbocycles. The van der Waals surface area contributed by atoms with Gasteiger partial charge in [0.15, 0.2) is 0 Å². The molecule has 4 heteroatoms. The van der Waals surface area contributed by atoms with Gasteiger partial charge in [0.25, 0.3) is 0 Å². The van der Waals surface area contributed by atoms with Crippen LogP contribution in [0.4, 0.5) is 0 Å². The van der Waals surface area contributed by atoms with Crippen molar-refractivity contribution in [3.05, 3.63) is 0 Å². The summed E-state index contributed by atoms with van der Waals surface area (Å²) in [5.74, 6) is 0.306. The highest BCUT2D eigenvalue weighted by atomic mass is 16.2. The van der Waals surface area contributed by atoms with E-state index in [-0.39, 0.29) is 0 Å². The third-order valence-electron chi connectivity index (χ3n) is 3.22. The average Bonchev–Trinajstić information content (AvgIpc) is 2.30. The predicted molar refractivity (Wildman–Crippen MR) is 66.4 cm³/mol. The first-order chi connectivity index (χ1) is 7.65. The van der Waals surface area contributed by atoms with Crippen molar-refractivity contribution in [3.8, 4) is 0 Å². The summed E-state index contributed by atoms with van der Waals surface area (Å²) in [6, 6.07) is 0.529. The van der Waals surface area contributed by atoms with Crippen molar-refractivity contribution in [1.82, 2.24) is 15.1 Å². The monoisotopic (exact) mass is 227 g/mol. The zero-order chi connectivity index (χ0) is 12.0. The van der Waals surface area contributed by atoms with Crippen LogP contribution in [0.15, 0.2) is 0 Å².